The van der Waals surface area contributed by atoms with Crippen LogP contribution in [0.4, 0.5) is 22.7 Å². The maximum absolute atomic E-state index is 6.80. The van der Waals surface area contributed by atoms with Crippen LogP contribution in [-0.2, 0) is 5.41 Å². The molecule has 2 aliphatic heterocycles. The molecule has 0 saturated carbocycles. The number of nitrogens with zero attached hydrogens (tertiary/aromatic N) is 4. The number of fused-ring (bicyclic) bond motifs is 1. The first-order valence-electron chi connectivity index (χ1n) is 20.1. The van der Waals surface area contributed by atoms with E-state index in [9.17, 15) is 0 Å². The van der Waals surface area contributed by atoms with Crippen LogP contribution in [0.3, 0.4) is 0 Å². The van der Waals surface area contributed by atoms with Gasteiger partial charge in [-0.25, -0.2) is 4.98 Å². The Kier molecular flexibility index (Phi) is 7.83. The largest absolute Gasteiger partial charge is 0.484 e. The summed E-state index contributed by atoms with van der Waals surface area (Å²) in [6.45, 7) is 7.35. The molecule has 1 unspecified atom stereocenters. The van der Waals surface area contributed by atoms with Crippen LogP contribution in [0.5, 0.6) is 17.2 Å². The third-order valence-electron chi connectivity index (χ3n) is 11.7. The summed E-state index contributed by atoms with van der Waals surface area (Å²) in [5.74, 6) is 3.23. The van der Waals surface area contributed by atoms with Crippen molar-refractivity contribution in [1.29, 1.82) is 0 Å². The molecule has 0 radical (unpaired) electrons. The lowest BCUT2D eigenvalue weighted by atomic mass is 9.88. The number of hydrogen-bond donors (Lipinski definition) is 0. The Morgan fingerprint density at radius 2 is 1.36 bits per heavy atom. The van der Waals surface area contributed by atoms with Crippen molar-refractivity contribution >= 4 is 39.7 Å². The zero-order valence-corrected chi connectivity index (χ0v) is 32.8. The molecule has 2 aromatic heterocycles. The molecule has 1 atom stereocenters. The van der Waals surface area contributed by atoms with E-state index in [0.29, 0.717) is 6.67 Å². The molecule has 282 valence electrons. The quantitative estimate of drug-likeness (QED) is 0.162. The second-order valence-electron chi connectivity index (χ2n) is 16.4. The fourth-order valence-electron chi connectivity index (χ4n) is 8.99. The van der Waals surface area contributed by atoms with Gasteiger partial charge in [0.15, 0.2) is 0 Å². The molecule has 1 aliphatic carbocycles. The summed E-state index contributed by atoms with van der Waals surface area (Å²) in [4.78, 5) is 9.74. The predicted molar refractivity (Wildman–Crippen MR) is 236 cm³/mol. The summed E-state index contributed by atoms with van der Waals surface area (Å²) in [7, 11) is 0. The molecule has 0 amide bonds. The summed E-state index contributed by atoms with van der Waals surface area (Å²) >= 11 is 0. The van der Waals surface area contributed by atoms with Gasteiger partial charge in [0.05, 0.1) is 33.7 Å². The normalized spacial score (nSPS) is 15.2. The molecule has 4 heterocycles. The summed E-state index contributed by atoms with van der Waals surface area (Å²) in [5.41, 5.74) is 13.9. The fourth-order valence-corrected chi connectivity index (χ4v) is 8.99. The zero-order valence-electron chi connectivity index (χ0n) is 32.8. The fraction of sp³-hybridized carbons (Fsp3) is 0.135. The van der Waals surface area contributed by atoms with Crippen LogP contribution in [0, 0.1) is 0 Å². The highest BCUT2D eigenvalue weighted by Gasteiger charge is 2.36. The number of anilines is 4. The van der Waals surface area contributed by atoms with Gasteiger partial charge in [-0.1, -0.05) is 124 Å². The van der Waals surface area contributed by atoms with Crippen molar-refractivity contribution in [3.63, 3.8) is 0 Å². The molecule has 0 N–H and O–H groups in total. The van der Waals surface area contributed by atoms with Gasteiger partial charge in [-0.2, -0.15) is 0 Å². The topological polar surface area (TPSA) is 42.8 Å². The average Bonchev–Trinajstić information content (AvgIpc) is 3.94. The lowest BCUT2D eigenvalue weighted by Crippen LogP contribution is -2.24. The first kappa shape index (κ1) is 34.2. The van der Waals surface area contributed by atoms with Crippen molar-refractivity contribution in [3.8, 4) is 45.3 Å². The Hall–Kier alpha value is -7.05. The first-order chi connectivity index (χ1) is 28.4. The lowest BCUT2D eigenvalue weighted by molar-refractivity contribution is 0.225. The Balaban J connectivity index is 0.983. The molecule has 0 bridgehead atoms. The van der Waals surface area contributed by atoms with Crippen LogP contribution in [0.1, 0.15) is 50.1 Å². The maximum atomic E-state index is 6.80. The van der Waals surface area contributed by atoms with E-state index in [4.69, 9.17) is 14.5 Å². The zero-order chi connectivity index (χ0) is 39.0. The van der Waals surface area contributed by atoms with Crippen molar-refractivity contribution in [2.75, 3.05) is 16.5 Å². The molecular formula is C52H42N4O2. The van der Waals surface area contributed by atoms with E-state index in [1.54, 1.807) is 0 Å². The molecule has 58 heavy (non-hydrogen) atoms. The van der Waals surface area contributed by atoms with E-state index in [2.05, 4.69) is 193 Å². The number of pyridine rings is 1. The monoisotopic (exact) mass is 754 g/mol. The Morgan fingerprint density at radius 3 is 2.09 bits per heavy atom. The van der Waals surface area contributed by atoms with Crippen LogP contribution in [0.15, 0.2) is 164 Å². The molecule has 0 fully saturated rings. The molecule has 6 aromatic carbocycles. The second kappa shape index (κ2) is 13.3. The predicted octanol–water partition coefficient (Wildman–Crippen LogP) is 13.5. The Labute approximate surface area is 338 Å². The number of rotatable bonds is 7. The highest BCUT2D eigenvalue weighted by molar-refractivity contribution is 6.00. The lowest BCUT2D eigenvalue weighted by Gasteiger charge is -2.27. The van der Waals surface area contributed by atoms with Gasteiger partial charge in [0.1, 0.15) is 35.8 Å². The smallest absolute Gasteiger partial charge is 0.137 e. The number of para-hydroxylation sites is 3. The van der Waals surface area contributed by atoms with E-state index >= 15 is 0 Å². The third kappa shape index (κ3) is 5.59. The summed E-state index contributed by atoms with van der Waals surface area (Å²) in [6, 6.07) is 53.7. The van der Waals surface area contributed by atoms with Gasteiger partial charge in [0.2, 0.25) is 0 Å². The Morgan fingerprint density at radius 1 is 0.672 bits per heavy atom. The highest BCUT2D eigenvalue weighted by atomic mass is 16.5. The van der Waals surface area contributed by atoms with E-state index < -0.39 is 0 Å². The minimum Gasteiger partial charge on any atom is -0.484 e. The van der Waals surface area contributed by atoms with Crippen molar-refractivity contribution in [1.82, 2.24) is 9.55 Å². The van der Waals surface area contributed by atoms with Gasteiger partial charge >= 0.3 is 0 Å². The molecule has 6 nitrogen and oxygen atoms in total. The van der Waals surface area contributed by atoms with E-state index in [1.807, 2.05) is 12.3 Å². The first-order valence-corrected chi connectivity index (χ1v) is 20.1. The van der Waals surface area contributed by atoms with Gasteiger partial charge < -0.3 is 19.3 Å². The molecular weight excluding hydrogens is 713 g/mol. The standard InChI is InChI=1S/C52H42N4O2/c1-52(2,3)36-27-28-53-48(29-36)56-44-25-14-26-46-49(44)50-45(56)31-39(32-47(50)58-46)57-38-20-12-19-37(30-38)54-33-55(43-24-11-10-23-42(43)54)51-40(34-15-6-4-7-16-34)21-13-22-41(51)35-17-8-5-9-18-35/h4-25,27-32,46H,26,33H2,1-3H3. The van der Waals surface area contributed by atoms with Crippen LogP contribution in [-0.4, -0.2) is 16.2 Å². The average molecular weight is 755 g/mol. The van der Waals surface area contributed by atoms with Gasteiger partial charge in [-0.3, -0.25) is 4.57 Å². The summed E-state index contributed by atoms with van der Waals surface area (Å²) in [6.07, 6.45) is 7.18. The SMILES string of the molecule is CC(C)(C)c1ccnc(-n2c3c4c5c(cc(Oc6cccc(N7CN(c8c(-c9ccccc9)cccc8-c8ccccc8)c8ccccc87)c6)cc52)OC4CC=C3)c1. The molecule has 6 heteroatoms. The van der Waals surface area contributed by atoms with Gasteiger partial charge in [0, 0.05) is 53.2 Å². The summed E-state index contributed by atoms with van der Waals surface area (Å²) < 4.78 is 15.7. The number of hydrogen-bond acceptors (Lipinski definition) is 5. The molecule has 0 spiro atoms. The van der Waals surface area contributed by atoms with E-state index in [1.165, 1.54) is 39.1 Å². The molecule has 8 aromatic rings. The number of benzene rings is 6. The van der Waals surface area contributed by atoms with Gasteiger partial charge in [-0.05, 0) is 64.6 Å². The van der Waals surface area contributed by atoms with Crippen molar-refractivity contribution < 1.29 is 9.47 Å². The van der Waals surface area contributed by atoms with Crippen molar-refractivity contribution in [3.05, 3.63) is 181 Å². The molecule has 0 saturated heterocycles. The number of aromatic nitrogens is 2. The highest BCUT2D eigenvalue weighted by Crippen LogP contribution is 2.53. The van der Waals surface area contributed by atoms with Crippen LogP contribution in [0.2, 0.25) is 0 Å². The van der Waals surface area contributed by atoms with Crippen LogP contribution in [0.25, 0.3) is 45.1 Å². The molecule has 11 rings (SSSR count). The second-order valence-corrected chi connectivity index (χ2v) is 16.4. The van der Waals surface area contributed by atoms with E-state index in [-0.39, 0.29) is 11.5 Å². The maximum Gasteiger partial charge on any atom is 0.137 e. The third-order valence-corrected chi connectivity index (χ3v) is 11.7. The minimum atomic E-state index is -0.0178. The van der Waals surface area contributed by atoms with E-state index in [0.717, 1.165) is 63.1 Å². The summed E-state index contributed by atoms with van der Waals surface area (Å²) in [5, 5.41) is 1.15. The van der Waals surface area contributed by atoms with Crippen molar-refractivity contribution in [2.24, 2.45) is 0 Å². The number of ether oxygens (including phenoxy) is 2. The van der Waals surface area contributed by atoms with Crippen LogP contribution >= 0.6 is 0 Å². The minimum absolute atomic E-state index is 0.00788. The van der Waals surface area contributed by atoms with Crippen molar-refractivity contribution in [2.45, 2.75) is 38.7 Å². The molecule has 3 aliphatic rings. The van der Waals surface area contributed by atoms with Gasteiger partial charge in [0.25, 0.3) is 0 Å². The van der Waals surface area contributed by atoms with Crippen LogP contribution < -0.4 is 19.3 Å². The van der Waals surface area contributed by atoms with Gasteiger partial charge in [-0.15, -0.1) is 0 Å². The Bertz CT molecular complexity index is 2850.